The summed E-state index contributed by atoms with van der Waals surface area (Å²) in [6.07, 6.45) is 3.11. The number of aromatic nitrogens is 1. The Bertz CT molecular complexity index is 261. The predicted octanol–water partition coefficient (Wildman–Crippen LogP) is 0.208. The van der Waals surface area contributed by atoms with Crippen LogP contribution in [0.4, 0.5) is 0 Å². The van der Waals surface area contributed by atoms with Gasteiger partial charge in [0, 0.05) is 18.9 Å². The highest BCUT2D eigenvalue weighted by atomic mass is 16.4. The molecule has 0 spiro atoms. The van der Waals surface area contributed by atoms with Crippen LogP contribution in [-0.2, 0) is 4.79 Å². The van der Waals surface area contributed by atoms with Gasteiger partial charge in [-0.3, -0.25) is 9.78 Å². The van der Waals surface area contributed by atoms with Crippen LogP contribution in [0.3, 0.4) is 0 Å². The van der Waals surface area contributed by atoms with Gasteiger partial charge in [-0.1, -0.05) is 0 Å². The minimum absolute atomic E-state index is 0.110. The number of nitrogens with two attached hydrogens (primary N) is 1. The lowest BCUT2D eigenvalue weighted by Gasteiger charge is -2.08. The molecule has 1 rings (SSSR count). The van der Waals surface area contributed by atoms with Crippen LogP contribution in [-0.4, -0.2) is 22.6 Å². The number of carboxylic acids is 1. The average molecular weight is 166 g/mol. The third kappa shape index (κ3) is 1.79. The zero-order valence-electron chi connectivity index (χ0n) is 6.47. The molecule has 1 aromatic heterocycles. The Morgan fingerprint density at radius 3 is 2.58 bits per heavy atom. The minimum Gasteiger partial charge on any atom is -0.481 e. The van der Waals surface area contributed by atoms with Crippen molar-refractivity contribution in [1.82, 2.24) is 4.98 Å². The van der Waals surface area contributed by atoms with Crippen LogP contribution >= 0.6 is 0 Å². The zero-order chi connectivity index (χ0) is 8.97. The number of rotatable bonds is 3. The molecule has 0 aromatic carbocycles. The SMILES string of the molecule is NCC(C(=O)O)c1ccncc1. The third-order valence-corrected chi connectivity index (χ3v) is 1.64. The van der Waals surface area contributed by atoms with Gasteiger partial charge in [0.15, 0.2) is 0 Å². The number of hydrogen-bond acceptors (Lipinski definition) is 3. The number of hydrogen-bond donors (Lipinski definition) is 2. The standard InChI is InChI=1S/C8H10N2O2/c9-5-7(8(11)12)6-1-3-10-4-2-6/h1-4,7H,5,9H2,(H,11,12). The lowest BCUT2D eigenvalue weighted by molar-refractivity contribution is -0.138. The normalized spacial score (nSPS) is 12.4. The van der Waals surface area contributed by atoms with E-state index in [-0.39, 0.29) is 6.54 Å². The Hall–Kier alpha value is -1.42. The van der Waals surface area contributed by atoms with Gasteiger partial charge in [-0.25, -0.2) is 0 Å². The van der Waals surface area contributed by atoms with Crippen LogP contribution in [0, 0.1) is 0 Å². The van der Waals surface area contributed by atoms with Gasteiger partial charge in [-0.15, -0.1) is 0 Å². The van der Waals surface area contributed by atoms with E-state index >= 15 is 0 Å². The molecule has 1 heterocycles. The molecule has 0 aliphatic heterocycles. The summed E-state index contributed by atoms with van der Waals surface area (Å²) in [5, 5.41) is 8.73. The zero-order valence-corrected chi connectivity index (χ0v) is 6.47. The largest absolute Gasteiger partial charge is 0.481 e. The van der Waals surface area contributed by atoms with Crippen LogP contribution in [0.5, 0.6) is 0 Å². The minimum atomic E-state index is -0.899. The number of pyridine rings is 1. The van der Waals surface area contributed by atoms with Crippen molar-refractivity contribution in [2.45, 2.75) is 5.92 Å². The van der Waals surface area contributed by atoms with Gasteiger partial charge in [0.25, 0.3) is 0 Å². The molecule has 3 N–H and O–H groups in total. The number of aliphatic carboxylic acids is 1. The van der Waals surface area contributed by atoms with Gasteiger partial charge in [0.1, 0.15) is 0 Å². The molecule has 1 aromatic rings. The van der Waals surface area contributed by atoms with Crippen molar-refractivity contribution in [2.24, 2.45) is 5.73 Å². The second kappa shape index (κ2) is 3.82. The van der Waals surface area contributed by atoms with Crippen LogP contribution in [0.25, 0.3) is 0 Å². The number of nitrogens with zero attached hydrogens (tertiary/aromatic N) is 1. The molecule has 12 heavy (non-hydrogen) atoms. The van der Waals surface area contributed by atoms with Crippen molar-refractivity contribution < 1.29 is 9.90 Å². The van der Waals surface area contributed by atoms with E-state index in [0.29, 0.717) is 5.56 Å². The summed E-state index contributed by atoms with van der Waals surface area (Å²) in [5.41, 5.74) is 6.00. The van der Waals surface area contributed by atoms with E-state index in [0.717, 1.165) is 0 Å². The van der Waals surface area contributed by atoms with E-state index in [1.165, 1.54) is 0 Å². The molecule has 4 heteroatoms. The second-order valence-corrected chi connectivity index (χ2v) is 2.41. The van der Waals surface area contributed by atoms with Gasteiger partial charge >= 0.3 is 5.97 Å². The maximum Gasteiger partial charge on any atom is 0.312 e. The summed E-state index contributed by atoms with van der Waals surface area (Å²) < 4.78 is 0. The Labute approximate surface area is 70.0 Å². The number of carbonyl (C=O) groups is 1. The number of carboxylic acid groups (broad SMARTS) is 1. The molecular weight excluding hydrogens is 156 g/mol. The van der Waals surface area contributed by atoms with Crippen LogP contribution in [0.1, 0.15) is 11.5 Å². The van der Waals surface area contributed by atoms with Crippen molar-refractivity contribution >= 4 is 5.97 Å². The lowest BCUT2D eigenvalue weighted by Crippen LogP contribution is -2.20. The molecule has 0 radical (unpaired) electrons. The van der Waals surface area contributed by atoms with E-state index in [9.17, 15) is 4.79 Å². The predicted molar refractivity (Wildman–Crippen MR) is 43.7 cm³/mol. The quantitative estimate of drug-likeness (QED) is 0.672. The highest BCUT2D eigenvalue weighted by molar-refractivity contribution is 5.76. The molecule has 4 nitrogen and oxygen atoms in total. The van der Waals surface area contributed by atoms with Crippen molar-refractivity contribution in [2.75, 3.05) is 6.54 Å². The van der Waals surface area contributed by atoms with Gasteiger partial charge in [-0.2, -0.15) is 0 Å². The molecule has 0 fully saturated rings. The smallest absolute Gasteiger partial charge is 0.312 e. The maximum atomic E-state index is 10.6. The summed E-state index contributed by atoms with van der Waals surface area (Å²) >= 11 is 0. The van der Waals surface area contributed by atoms with Crippen LogP contribution in [0.15, 0.2) is 24.5 Å². The third-order valence-electron chi connectivity index (χ3n) is 1.64. The fourth-order valence-electron chi connectivity index (χ4n) is 0.975. The van der Waals surface area contributed by atoms with E-state index in [2.05, 4.69) is 4.98 Å². The molecule has 0 amide bonds. The average Bonchev–Trinajstić information content (AvgIpc) is 2.07. The van der Waals surface area contributed by atoms with Gasteiger partial charge in [0.2, 0.25) is 0 Å². The Morgan fingerprint density at radius 2 is 2.17 bits per heavy atom. The molecule has 64 valence electrons. The van der Waals surface area contributed by atoms with E-state index in [4.69, 9.17) is 10.8 Å². The van der Waals surface area contributed by atoms with E-state index < -0.39 is 11.9 Å². The summed E-state index contributed by atoms with van der Waals surface area (Å²) in [7, 11) is 0. The van der Waals surface area contributed by atoms with Crippen LogP contribution < -0.4 is 5.73 Å². The molecule has 0 saturated heterocycles. The molecular formula is C8H10N2O2. The van der Waals surface area contributed by atoms with Crippen LogP contribution in [0.2, 0.25) is 0 Å². The first kappa shape index (κ1) is 8.67. The Kier molecular flexibility index (Phi) is 2.76. The Morgan fingerprint density at radius 1 is 1.58 bits per heavy atom. The molecule has 1 unspecified atom stereocenters. The van der Waals surface area contributed by atoms with Gasteiger partial charge in [0.05, 0.1) is 5.92 Å². The fourth-order valence-corrected chi connectivity index (χ4v) is 0.975. The van der Waals surface area contributed by atoms with Crippen molar-refractivity contribution in [3.05, 3.63) is 30.1 Å². The first-order valence-electron chi connectivity index (χ1n) is 3.58. The van der Waals surface area contributed by atoms with Crippen molar-refractivity contribution in [3.63, 3.8) is 0 Å². The second-order valence-electron chi connectivity index (χ2n) is 2.41. The van der Waals surface area contributed by atoms with E-state index in [1.54, 1.807) is 24.5 Å². The van der Waals surface area contributed by atoms with Gasteiger partial charge < -0.3 is 10.8 Å². The summed E-state index contributed by atoms with van der Waals surface area (Å²) in [6, 6.07) is 3.32. The maximum absolute atomic E-state index is 10.6. The monoisotopic (exact) mass is 166 g/mol. The molecule has 0 aliphatic rings. The summed E-state index contributed by atoms with van der Waals surface area (Å²) in [5.74, 6) is -1.52. The first-order valence-corrected chi connectivity index (χ1v) is 3.58. The first-order chi connectivity index (χ1) is 5.75. The van der Waals surface area contributed by atoms with Gasteiger partial charge in [-0.05, 0) is 17.7 Å². The molecule has 1 atom stereocenters. The lowest BCUT2D eigenvalue weighted by atomic mass is 10.0. The highest BCUT2D eigenvalue weighted by Crippen LogP contribution is 2.12. The molecule has 0 saturated carbocycles. The molecule has 0 bridgehead atoms. The fraction of sp³-hybridized carbons (Fsp3) is 0.250. The highest BCUT2D eigenvalue weighted by Gasteiger charge is 2.16. The van der Waals surface area contributed by atoms with E-state index in [1.807, 2.05) is 0 Å². The summed E-state index contributed by atoms with van der Waals surface area (Å²) in [6.45, 7) is 0.110. The molecule has 0 aliphatic carbocycles. The van der Waals surface area contributed by atoms with Crippen molar-refractivity contribution in [3.8, 4) is 0 Å². The van der Waals surface area contributed by atoms with Crippen molar-refractivity contribution in [1.29, 1.82) is 0 Å². The topological polar surface area (TPSA) is 76.2 Å². The Balaban J connectivity index is 2.88. The summed E-state index contributed by atoms with van der Waals surface area (Å²) in [4.78, 5) is 14.4.